The summed E-state index contributed by atoms with van der Waals surface area (Å²) in [5.41, 5.74) is 9.45. The van der Waals surface area contributed by atoms with Crippen LogP contribution < -0.4 is 21.1 Å². The van der Waals surface area contributed by atoms with Gasteiger partial charge in [-0.1, -0.05) is 24.3 Å². The number of fused-ring (bicyclic) bond motifs is 1. The Kier molecular flexibility index (Phi) is 9.75. The van der Waals surface area contributed by atoms with Gasteiger partial charge in [0.1, 0.15) is 5.75 Å². The molecule has 5 rings (SSSR count). The van der Waals surface area contributed by atoms with Crippen molar-refractivity contribution in [2.45, 2.75) is 44.8 Å². The Morgan fingerprint density at radius 3 is 2.34 bits per heavy atom. The first kappa shape index (κ1) is 30.6. The molecular weight excluding hydrogens is 562 g/mol. The van der Waals surface area contributed by atoms with E-state index in [2.05, 4.69) is 10.6 Å². The third-order valence-corrected chi connectivity index (χ3v) is 7.45. The van der Waals surface area contributed by atoms with Crippen LogP contribution in [0.4, 0.5) is 16.2 Å². The van der Waals surface area contributed by atoms with Gasteiger partial charge in [0.25, 0.3) is 17.7 Å². The smallest absolute Gasteiger partial charge is 0.409 e. The zero-order chi connectivity index (χ0) is 31.1. The third kappa shape index (κ3) is 7.93. The number of carbonyl (C=O) groups excluding carboxylic acids is 4. The van der Waals surface area contributed by atoms with Crippen LogP contribution in [0.2, 0.25) is 0 Å². The van der Waals surface area contributed by atoms with Crippen molar-refractivity contribution in [1.29, 1.82) is 0 Å². The maximum absolute atomic E-state index is 13.4. The Balaban J connectivity index is 1.14. The molecule has 0 saturated heterocycles. The van der Waals surface area contributed by atoms with E-state index in [4.69, 9.17) is 15.2 Å². The number of nitrogens with two attached hydrogens (primary N) is 1. The average Bonchev–Trinajstić information content (AvgIpc) is 3.88. The monoisotopic (exact) mass is 599 g/mol. The van der Waals surface area contributed by atoms with E-state index in [9.17, 15) is 19.2 Å². The third-order valence-electron chi connectivity index (χ3n) is 7.45. The summed E-state index contributed by atoms with van der Waals surface area (Å²) >= 11 is 0. The lowest BCUT2D eigenvalue weighted by Gasteiger charge is -2.24. The van der Waals surface area contributed by atoms with Crippen LogP contribution in [0.1, 0.15) is 57.5 Å². The van der Waals surface area contributed by atoms with Crippen LogP contribution in [-0.2, 0) is 22.6 Å². The number of rotatable bonds is 12. The van der Waals surface area contributed by atoms with Gasteiger partial charge in [0.05, 0.1) is 12.3 Å². The van der Waals surface area contributed by atoms with Crippen molar-refractivity contribution in [1.82, 2.24) is 9.80 Å². The largest absolute Gasteiger partial charge is 0.482 e. The van der Waals surface area contributed by atoms with Crippen molar-refractivity contribution >= 4 is 35.2 Å². The zero-order valence-electron chi connectivity index (χ0n) is 24.7. The molecule has 44 heavy (non-hydrogen) atoms. The van der Waals surface area contributed by atoms with Crippen LogP contribution in [0.25, 0.3) is 0 Å². The summed E-state index contributed by atoms with van der Waals surface area (Å²) in [5, 5.41) is 5.64. The second-order valence-electron chi connectivity index (χ2n) is 11.0. The Labute approximate surface area is 256 Å². The summed E-state index contributed by atoms with van der Waals surface area (Å²) in [4.78, 5) is 53.4. The Morgan fingerprint density at radius 1 is 0.955 bits per heavy atom. The Hall–Kier alpha value is -4.90. The van der Waals surface area contributed by atoms with E-state index in [0.717, 1.165) is 36.8 Å². The first-order chi connectivity index (χ1) is 21.3. The first-order valence-electron chi connectivity index (χ1n) is 14.8. The van der Waals surface area contributed by atoms with Crippen LogP contribution in [-0.4, -0.2) is 66.5 Å². The molecule has 1 saturated carbocycles. The average molecular weight is 600 g/mol. The number of anilines is 2. The van der Waals surface area contributed by atoms with Crippen LogP contribution in [0.5, 0.6) is 5.75 Å². The molecule has 4 amide bonds. The van der Waals surface area contributed by atoms with E-state index in [1.807, 2.05) is 29.2 Å². The number of carbonyl (C=O) groups is 4. The maximum atomic E-state index is 13.4. The van der Waals surface area contributed by atoms with Gasteiger partial charge >= 0.3 is 6.09 Å². The minimum absolute atomic E-state index is 0.0750. The number of nitrogens with one attached hydrogen (secondary N) is 2. The summed E-state index contributed by atoms with van der Waals surface area (Å²) in [6.45, 7) is 1.63. The molecular formula is C33H37N5O6. The molecule has 0 unspecified atom stereocenters. The van der Waals surface area contributed by atoms with Crippen molar-refractivity contribution < 1.29 is 28.7 Å². The number of benzene rings is 3. The number of nitrogens with zero attached hydrogens (tertiary/aromatic N) is 2. The van der Waals surface area contributed by atoms with Gasteiger partial charge in [-0.15, -0.1) is 0 Å². The number of unbranched alkanes of at least 4 members (excludes halogenated alkanes) is 1. The molecule has 11 nitrogen and oxygen atoms in total. The molecule has 0 bridgehead atoms. The predicted molar refractivity (Wildman–Crippen MR) is 165 cm³/mol. The molecule has 11 heteroatoms. The van der Waals surface area contributed by atoms with Crippen LogP contribution >= 0.6 is 0 Å². The van der Waals surface area contributed by atoms with Crippen LogP contribution in [0.15, 0.2) is 66.7 Å². The molecule has 2 aliphatic rings. The fraction of sp³-hybridized carbons (Fsp3) is 0.333. The van der Waals surface area contributed by atoms with Gasteiger partial charge in [0, 0.05) is 43.0 Å². The number of hydrogen-bond acceptors (Lipinski definition) is 7. The Bertz CT molecular complexity index is 1500. The van der Waals surface area contributed by atoms with Gasteiger partial charge in [0.2, 0.25) is 0 Å². The summed E-state index contributed by atoms with van der Waals surface area (Å²) in [6.07, 6.45) is 3.04. The lowest BCUT2D eigenvalue weighted by atomic mass is 10.1. The summed E-state index contributed by atoms with van der Waals surface area (Å²) < 4.78 is 10.7. The lowest BCUT2D eigenvalue weighted by molar-refractivity contribution is -0.118. The molecule has 4 N–H and O–H groups in total. The highest BCUT2D eigenvalue weighted by Gasteiger charge is 2.33. The molecule has 0 aromatic heterocycles. The van der Waals surface area contributed by atoms with Gasteiger partial charge in [0.15, 0.2) is 6.61 Å². The fourth-order valence-electron chi connectivity index (χ4n) is 4.84. The van der Waals surface area contributed by atoms with Crippen molar-refractivity contribution in [2.75, 3.05) is 37.4 Å². The molecule has 0 radical (unpaired) electrons. The molecule has 0 spiro atoms. The summed E-state index contributed by atoms with van der Waals surface area (Å²) in [5.74, 6) is -0.0939. The number of hydrogen-bond donors (Lipinski definition) is 3. The number of amides is 4. The van der Waals surface area contributed by atoms with E-state index in [0.29, 0.717) is 54.5 Å². The molecule has 0 atom stereocenters. The quantitative estimate of drug-likeness (QED) is 0.262. The predicted octanol–water partition coefficient (Wildman–Crippen LogP) is 4.38. The minimum Gasteiger partial charge on any atom is -0.482 e. The highest BCUT2D eigenvalue weighted by atomic mass is 16.6. The Morgan fingerprint density at radius 2 is 1.64 bits per heavy atom. The van der Waals surface area contributed by atoms with Gasteiger partial charge < -0.3 is 35.6 Å². The lowest BCUT2D eigenvalue weighted by Crippen LogP contribution is -2.33. The van der Waals surface area contributed by atoms with Crippen LogP contribution in [0, 0.1) is 0 Å². The molecule has 1 fully saturated rings. The normalized spacial score (nSPS) is 13.6. The molecule has 230 valence electrons. The van der Waals surface area contributed by atoms with E-state index in [-0.39, 0.29) is 30.4 Å². The van der Waals surface area contributed by atoms with E-state index < -0.39 is 6.09 Å². The fourth-order valence-corrected chi connectivity index (χ4v) is 4.84. The van der Waals surface area contributed by atoms with Gasteiger partial charge in [-0.2, -0.15) is 0 Å². The van der Waals surface area contributed by atoms with Crippen LogP contribution in [0.3, 0.4) is 0 Å². The highest BCUT2D eigenvalue weighted by Crippen LogP contribution is 2.33. The topological polar surface area (TPSA) is 143 Å². The van der Waals surface area contributed by atoms with Crippen molar-refractivity contribution in [3.63, 3.8) is 0 Å². The highest BCUT2D eigenvalue weighted by molar-refractivity contribution is 6.04. The first-order valence-corrected chi connectivity index (χ1v) is 14.8. The minimum atomic E-state index is -0.392. The van der Waals surface area contributed by atoms with Gasteiger partial charge in [-0.05, 0) is 85.8 Å². The van der Waals surface area contributed by atoms with Gasteiger partial charge in [-0.3, -0.25) is 14.4 Å². The second-order valence-corrected chi connectivity index (χ2v) is 11.0. The number of ether oxygens (including phenoxy) is 2. The van der Waals surface area contributed by atoms with E-state index in [1.165, 1.54) is 4.90 Å². The maximum Gasteiger partial charge on any atom is 0.409 e. The SMILES string of the molecule is CN(Cc1ccc(NC(=O)c2ccc(CN(C(=O)c3ccc4c(c3)OCC(=O)N4)C3CC3)cc2)cc1)C(=O)OCCCCN. The van der Waals surface area contributed by atoms with E-state index in [1.54, 1.807) is 49.5 Å². The molecule has 3 aromatic rings. The van der Waals surface area contributed by atoms with Crippen molar-refractivity contribution in [3.8, 4) is 5.75 Å². The molecule has 1 aliphatic carbocycles. The van der Waals surface area contributed by atoms with Gasteiger partial charge in [-0.25, -0.2) is 4.79 Å². The summed E-state index contributed by atoms with van der Waals surface area (Å²) in [6, 6.07) is 19.7. The molecule has 3 aromatic carbocycles. The standard InChI is InChI=1S/C33H37N5O6/c1-37(33(42)43-17-3-2-16-34)19-22-6-11-26(12-7-22)35-31(40)24-8-4-23(5-9-24)20-38(27-13-14-27)32(41)25-10-15-28-29(18-25)44-21-30(39)36-28/h4-12,15,18,27H,2-3,13-14,16-17,19-21,34H2,1H3,(H,35,40)(H,36,39). The zero-order valence-corrected chi connectivity index (χ0v) is 24.7. The molecule has 1 heterocycles. The summed E-state index contributed by atoms with van der Waals surface area (Å²) in [7, 11) is 1.68. The molecule has 1 aliphatic heterocycles. The van der Waals surface area contributed by atoms with E-state index >= 15 is 0 Å². The second kappa shape index (κ2) is 14.0. The van der Waals surface area contributed by atoms with Crippen molar-refractivity contribution in [3.05, 3.63) is 89.0 Å². The van der Waals surface area contributed by atoms with Crippen molar-refractivity contribution in [2.24, 2.45) is 5.73 Å².